The van der Waals surface area contributed by atoms with Crippen molar-refractivity contribution in [2.75, 3.05) is 13.7 Å². The molecule has 0 fully saturated rings. The van der Waals surface area contributed by atoms with Crippen LogP contribution in [0.1, 0.15) is 52.6 Å². The van der Waals surface area contributed by atoms with Crippen LogP contribution in [0.2, 0.25) is 0 Å². The number of pyridine rings is 1. The Hall–Kier alpha value is -1.40. The number of aromatic nitrogens is 1. The molecule has 1 aliphatic heterocycles. The second-order valence-corrected chi connectivity index (χ2v) is 7.62. The normalized spacial score (nSPS) is 18.3. The van der Waals surface area contributed by atoms with Crippen LogP contribution in [0, 0.1) is 6.92 Å². The maximum absolute atomic E-state index is 13.2. The highest BCUT2D eigenvalue weighted by Gasteiger charge is 2.37. The number of carbonyl (C=O) groups excluding carboxylic acids is 1. The van der Waals surface area contributed by atoms with Crippen LogP contribution in [0.25, 0.3) is 5.57 Å². The summed E-state index contributed by atoms with van der Waals surface area (Å²) in [6.45, 7) is 5.14. The summed E-state index contributed by atoms with van der Waals surface area (Å²) in [5.74, 6) is -0.0423. The molecule has 0 aromatic carbocycles. The van der Waals surface area contributed by atoms with Crippen molar-refractivity contribution in [3.8, 4) is 0 Å². The molecule has 2 aliphatic rings. The van der Waals surface area contributed by atoms with Gasteiger partial charge in [-0.1, -0.05) is 23.2 Å². The van der Waals surface area contributed by atoms with Crippen LogP contribution in [0.4, 0.5) is 0 Å². The summed E-state index contributed by atoms with van der Waals surface area (Å²) in [6, 6.07) is -0.0404. The Bertz CT molecular complexity index is 817. The molecule has 1 amide bonds. The summed E-state index contributed by atoms with van der Waals surface area (Å²) in [5, 5.41) is 1.29. The molecule has 0 radical (unpaired) electrons. The first-order chi connectivity index (χ1) is 12.4. The molecule has 1 aliphatic carbocycles. The first-order valence-corrected chi connectivity index (χ1v) is 9.42. The molecule has 0 unspecified atom stereocenters. The first-order valence-electron chi connectivity index (χ1n) is 8.66. The van der Waals surface area contributed by atoms with Gasteiger partial charge in [0.15, 0.2) is 0 Å². The van der Waals surface area contributed by atoms with Gasteiger partial charge in [-0.25, -0.2) is 0 Å². The minimum absolute atomic E-state index is 0.0404. The van der Waals surface area contributed by atoms with E-state index in [1.54, 1.807) is 18.1 Å². The summed E-state index contributed by atoms with van der Waals surface area (Å²) >= 11 is 12.6. The summed E-state index contributed by atoms with van der Waals surface area (Å²) < 4.78 is 5.22. The van der Waals surface area contributed by atoms with E-state index in [9.17, 15) is 4.79 Å². The third-order valence-corrected chi connectivity index (χ3v) is 5.64. The van der Waals surface area contributed by atoms with E-state index in [4.69, 9.17) is 33.7 Å². The van der Waals surface area contributed by atoms with E-state index in [0.29, 0.717) is 43.1 Å². The molecule has 1 aromatic heterocycles. The van der Waals surface area contributed by atoms with Crippen molar-refractivity contribution < 1.29 is 9.53 Å². The molecule has 26 heavy (non-hydrogen) atoms. The van der Waals surface area contributed by atoms with Gasteiger partial charge in [0, 0.05) is 35.0 Å². The van der Waals surface area contributed by atoms with Gasteiger partial charge in [0.1, 0.15) is 0 Å². The zero-order valence-corrected chi connectivity index (χ0v) is 16.7. The van der Waals surface area contributed by atoms with Gasteiger partial charge < -0.3 is 15.4 Å². The van der Waals surface area contributed by atoms with Crippen molar-refractivity contribution >= 4 is 34.7 Å². The zero-order valence-electron chi connectivity index (χ0n) is 15.2. The van der Waals surface area contributed by atoms with Crippen molar-refractivity contribution in [3.63, 3.8) is 0 Å². The van der Waals surface area contributed by atoms with Gasteiger partial charge >= 0.3 is 0 Å². The fourth-order valence-electron chi connectivity index (χ4n) is 3.70. The lowest BCUT2D eigenvalue weighted by atomic mass is 9.88. The molecule has 1 atom stereocenters. The fraction of sp³-hybridized carbons (Fsp3) is 0.474. The smallest absolute Gasteiger partial charge is 0.257 e. The molecule has 0 saturated carbocycles. The van der Waals surface area contributed by atoms with Gasteiger partial charge in [-0.05, 0) is 43.9 Å². The number of amides is 1. The molecule has 0 bridgehead atoms. The predicted octanol–water partition coefficient (Wildman–Crippen LogP) is 3.71. The minimum atomic E-state index is -0.0423. The lowest BCUT2D eigenvalue weighted by molar-refractivity contribution is 0.0587. The van der Waals surface area contributed by atoms with Crippen molar-refractivity contribution in [1.29, 1.82) is 0 Å². The highest BCUT2D eigenvalue weighted by Crippen LogP contribution is 2.41. The second-order valence-electron chi connectivity index (χ2n) is 6.73. The SMILES string of the molecule is COC[C@H](C)N1Cc2nc(C)c(CN)c(C3=C(Cl)C=C(Cl)CC3)c2C1=O. The number of hydrogen-bond donors (Lipinski definition) is 1. The Morgan fingerprint density at radius 3 is 2.69 bits per heavy atom. The number of halogens is 2. The maximum atomic E-state index is 13.2. The van der Waals surface area contributed by atoms with E-state index in [2.05, 4.69) is 4.98 Å². The predicted molar refractivity (Wildman–Crippen MR) is 104 cm³/mol. The van der Waals surface area contributed by atoms with Gasteiger partial charge in [-0.15, -0.1) is 0 Å². The number of methoxy groups -OCH3 is 1. The second kappa shape index (κ2) is 7.69. The molecule has 2 N–H and O–H groups in total. The number of allylic oxidation sites excluding steroid dienone is 4. The average Bonchev–Trinajstić information content (AvgIpc) is 2.90. The number of rotatable bonds is 5. The van der Waals surface area contributed by atoms with E-state index >= 15 is 0 Å². The van der Waals surface area contributed by atoms with E-state index in [0.717, 1.165) is 33.1 Å². The van der Waals surface area contributed by atoms with Crippen LogP contribution in [0.3, 0.4) is 0 Å². The fourth-order valence-corrected chi connectivity index (χ4v) is 4.28. The van der Waals surface area contributed by atoms with Gasteiger partial charge in [0.2, 0.25) is 0 Å². The summed E-state index contributed by atoms with van der Waals surface area (Å²) in [4.78, 5) is 19.7. The van der Waals surface area contributed by atoms with E-state index in [-0.39, 0.29) is 11.9 Å². The van der Waals surface area contributed by atoms with Gasteiger partial charge in [0.05, 0.1) is 30.5 Å². The molecular formula is C19H23Cl2N3O2. The lowest BCUT2D eigenvalue weighted by Crippen LogP contribution is -2.36. The van der Waals surface area contributed by atoms with Gasteiger partial charge in [-0.3, -0.25) is 9.78 Å². The third kappa shape index (κ3) is 3.29. The van der Waals surface area contributed by atoms with Crippen LogP contribution in [0.5, 0.6) is 0 Å². The van der Waals surface area contributed by atoms with Crippen LogP contribution < -0.4 is 5.73 Å². The summed E-state index contributed by atoms with van der Waals surface area (Å²) in [7, 11) is 1.63. The van der Waals surface area contributed by atoms with E-state index < -0.39 is 0 Å². The Morgan fingerprint density at radius 1 is 1.35 bits per heavy atom. The van der Waals surface area contributed by atoms with Gasteiger partial charge in [-0.2, -0.15) is 0 Å². The molecule has 0 saturated heterocycles. The molecule has 3 rings (SSSR count). The molecule has 7 heteroatoms. The van der Waals surface area contributed by atoms with Crippen molar-refractivity contribution in [2.45, 2.75) is 45.8 Å². The summed E-state index contributed by atoms with van der Waals surface area (Å²) in [5.41, 5.74) is 10.9. The maximum Gasteiger partial charge on any atom is 0.257 e. The Labute approximate surface area is 163 Å². The van der Waals surface area contributed by atoms with E-state index in [1.807, 2.05) is 13.8 Å². The molecule has 0 spiro atoms. The number of hydrogen-bond acceptors (Lipinski definition) is 4. The van der Waals surface area contributed by atoms with Crippen LogP contribution in [-0.4, -0.2) is 35.5 Å². The molecular weight excluding hydrogens is 373 g/mol. The monoisotopic (exact) mass is 395 g/mol. The average molecular weight is 396 g/mol. The third-order valence-electron chi connectivity index (χ3n) is 5.01. The standard InChI is InChI=1S/C19H23Cl2N3O2/c1-10(9-26-3)24-8-16-18(19(24)25)17(14(7-22)11(2)23-16)13-5-4-12(20)6-15(13)21/h6,10H,4-5,7-9,22H2,1-3H3/t10-/m0/s1. The zero-order chi connectivity index (χ0) is 19.0. The highest BCUT2D eigenvalue weighted by molar-refractivity contribution is 6.37. The minimum Gasteiger partial charge on any atom is -0.383 e. The van der Waals surface area contributed by atoms with Crippen molar-refractivity contribution in [1.82, 2.24) is 9.88 Å². The first kappa shape index (κ1) is 19.4. The number of carbonyl (C=O) groups is 1. The Kier molecular flexibility index (Phi) is 5.72. The number of aryl methyl sites for hydroxylation is 1. The number of nitrogens with two attached hydrogens (primary N) is 1. The highest BCUT2D eigenvalue weighted by atomic mass is 35.5. The quantitative estimate of drug-likeness (QED) is 0.824. The van der Waals surface area contributed by atoms with Crippen LogP contribution in [0.15, 0.2) is 16.1 Å². The molecule has 140 valence electrons. The lowest BCUT2D eigenvalue weighted by Gasteiger charge is -2.24. The number of fused-ring (bicyclic) bond motifs is 1. The van der Waals surface area contributed by atoms with Gasteiger partial charge in [0.25, 0.3) is 5.91 Å². The summed E-state index contributed by atoms with van der Waals surface area (Å²) in [6.07, 6.45) is 3.14. The van der Waals surface area contributed by atoms with Crippen molar-refractivity contribution in [3.05, 3.63) is 44.2 Å². The molecule has 1 aromatic rings. The Balaban J connectivity index is 2.18. The number of nitrogens with zero attached hydrogens (tertiary/aromatic N) is 2. The largest absolute Gasteiger partial charge is 0.383 e. The van der Waals surface area contributed by atoms with Crippen LogP contribution >= 0.6 is 23.2 Å². The Morgan fingerprint density at radius 2 is 2.08 bits per heavy atom. The van der Waals surface area contributed by atoms with E-state index in [1.165, 1.54) is 0 Å². The van der Waals surface area contributed by atoms with Crippen LogP contribution in [-0.2, 0) is 17.8 Å². The topological polar surface area (TPSA) is 68.4 Å². The van der Waals surface area contributed by atoms with Crippen molar-refractivity contribution in [2.24, 2.45) is 5.73 Å². The molecule has 2 heterocycles. The molecule has 5 nitrogen and oxygen atoms in total. The number of ether oxygens (including phenoxy) is 1.